The Bertz CT molecular complexity index is 133. The van der Waals surface area contributed by atoms with Crippen LogP contribution in [0.2, 0.25) is 0 Å². The molecule has 0 radical (unpaired) electrons. The summed E-state index contributed by atoms with van der Waals surface area (Å²) in [6.45, 7) is 4.30. The van der Waals surface area contributed by atoms with Crippen molar-refractivity contribution in [3.8, 4) is 0 Å². The first-order chi connectivity index (χ1) is 6.20. The molecule has 1 rings (SSSR count). The molecule has 2 N–H and O–H groups in total. The molecule has 1 saturated carbocycles. The van der Waals surface area contributed by atoms with Crippen molar-refractivity contribution in [2.45, 2.75) is 52.2 Å². The molecule has 0 aliphatic heterocycles. The fourth-order valence-electron chi connectivity index (χ4n) is 2.85. The quantitative estimate of drug-likeness (QED) is 0.663. The molecule has 0 aromatic carbocycles. The van der Waals surface area contributed by atoms with Gasteiger partial charge in [-0.3, -0.25) is 0 Å². The van der Waals surface area contributed by atoms with Gasteiger partial charge in [0.2, 0.25) is 0 Å². The lowest BCUT2D eigenvalue weighted by atomic mass is 9.69. The number of hydrogen-bond donors (Lipinski definition) is 2. The van der Waals surface area contributed by atoms with Crippen LogP contribution < -0.4 is 0 Å². The van der Waals surface area contributed by atoms with E-state index in [1.807, 2.05) is 0 Å². The molecule has 13 heavy (non-hydrogen) atoms. The average Bonchev–Trinajstić information content (AvgIpc) is 2.16. The molecule has 2 nitrogen and oxygen atoms in total. The second-order valence-corrected chi connectivity index (χ2v) is 4.26. The first-order valence-corrected chi connectivity index (χ1v) is 5.56. The predicted molar refractivity (Wildman–Crippen MR) is 53.1 cm³/mol. The van der Waals surface area contributed by atoms with E-state index in [4.69, 9.17) is 0 Å². The van der Waals surface area contributed by atoms with E-state index in [1.165, 1.54) is 19.3 Å². The molecule has 1 fully saturated rings. The van der Waals surface area contributed by atoms with E-state index in [0.717, 1.165) is 12.8 Å². The van der Waals surface area contributed by atoms with E-state index in [0.29, 0.717) is 11.8 Å². The highest BCUT2D eigenvalue weighted by molar-refractivity contribution is 4.82. The first-order valence-electron chi connectivity index (χ1n) is 5.56. The van der Waals surface area contributed by atoms with E-state index < -0.39 is 6.29 Å². The minimum Gasteiger partial charge on any atom is -0.368 e. The van der Waals surface area contributed by atoms with Crippen LogP contribution in [-0.4, -0.2) is 16.5 Å². The number of aliphatic hydroxyl groups excluding tert-OH is 1. The van der Waals surface area contributed by atoms with Crippen molar-refractivity contribution in [2.24, 2.45) is 17.8 Å². The van der Waals surface area contributed by atoms with Crippen molar-refractivity contribution in [1.82, 2.24) is 0 Å². The predicted octanol–water partition coefficient (Wildman–Crippen LogP) is 2.15. The topological polar surface area (TPSA) is 40.5 Å². The van der Waals surface area contributed by atoms with Crippen molar-refractivity contribution >= 4 is 0 Å². The lowest BCUT2D eigenvalue weighted by Gasteiger charge is -2.38. The molecule has 2 heteroatoms. The number of aliphatic hydroxyl groups is 2. The van der Waals surface area contributed by atoms with Crippen molar-refractivity contribution in [1.29, 1.82) is 0 Å². The van der Waals surface area contributed by atoms with Gasteiger partial charge < -0.3 is 10.2 Å². The fourth-order valence-corrected chi connectivity index (χ4v) is 2.85. The lowest BCUT2D eigenvalue weighted by molar-refractivity contribution is -0.130. The first kappa shape index (κ1) is 11.0. The highest BCUT2D eigenvalue weighted by Crippen LogP contribution is 2.39. The Morgan fingerprint density at radius 2 is 1.54 bits per heavy atom. The van der Waals surface area contributed by atoms with Gasteiger partial charge in [-0.1, -0.05) is 33.1 Å². The molecule has 2 atom stereocenters. The Labute approximate surface area is 81.0 Å². The van der Waals surface area contributed by atoms with Gasteiger partial charge in [0.15, 0.2) is 6.29 Å². The van der Waals surface area contributed by atoms with Crippen LogP contribution in [0.15, 0.2) is 0 Å². The molecule has 78 valence electrons. The van der Waals surface area contributed by atoms with Crippen molar-refractivity contribution in [3.05, 3.63) is 0 Å². The Morgan fingerprint density at radius 1 is 1.08 bits per heavy atom. The maximum atomic E-state index is 9.34. The van der Waals surface area contributed by atoms with Gasteiger partial charge in [0, 0.05) is 5.92 Å². The highest BCUT2D eigenvalue weighted by atomic mass is 16.5. The minimum absolute atomic E-state index is 0.128. The van der Waals surface area contributed by atoms with Gasteiger partial charge in [0.05, 0.1) is 0 Å². The van der Waals surface area contributed by atoms with Gasteiger partial charge in [-0.05, 0) is 24.7 Å². The summed E-state index contributed by atoms with van der Waals surface area (Å²) in [5.41, 5.74) is 0. The molecule has 0 aromatic rings. The second kappa shape index (κ2) is 4.97. The van der Waals surface area contributed by atoms with Crippen LogP contribution in [0.1, 0.15) is 46.0 Å². The van der Waals surface area contributed by atoms with Crippen LogP contribution >= 0.6 is 0 Å². The van der Waals surface area contributed by atoms with Crippen LogP contribution in [0, 0.1) is 17.8 Å². The van der Waals surface area contributed by atoms with Crippen LogP contribution in [0.3, 0.4) is 0 Å². The summed E-state index contributed by atoms with van der Waals surface area (Å²) in [6, 6.07) is 0. The summed E-state index contributed by atoms with van der Waals surface area (Å²) in [5.74, 6) is 1.18. The van der Waals surface area contributed by atoms with E-state index in [2.05, 4.69) is 13.8 Å². The standard InChI is InChI=1S/C11H22O2/c1-3-8-6-5-7-9(4-2)10(8)11(12)13/h8-13H,3-7H2,1-2H3. The lowest BCUT2D eigenvalue weighted by Crippen LogP contribution is -2.36. The third kappa shape index (κ3) is 2.44. The Balaban J connectivity index is 2.64. The van der Waals surface area contributed by atoms with Crippen LogP contribution in [0.25, 0.3) is 0 Å². The molecular formula is C11H22O2. The van der Waals surface area contributed by atoms with Gasteiger partial charge in [0.25, 0.3) is 0 Å². The molecule has 0 spiro atoms. The summed E-state index contributed by atoms with van der Waals surface area (Å²) in [6.07, 6.45) is 4.68. The van der Waals surface area contributed by atoms with Gasteiger partial charge in [-0.15, -0.1) is 0 Å². The van der Waals surface area contributed by atoms with Crippen LogP contribution in [0.4, 0.5) is 0 Å². The van der Waals surface area contributed by atoms with E-state index in [-0.39, 0.29) is 5.92 Å². The molecule has 0 saturated heterocycles. The molecule has 0 heterocycles. The van der Waals surface area contributed by atoms with Crippen LogP contribution in [-0.2, 0) is 0 Å². The van der Waals surface area contributed by atoms with E-state index in [1.54, 1.807) is 0 Å². The fraction of sp³-hybridized carbons (Fsp3) is 1.00. The molecule has 1 aliphatic rings. The van der Waals surface area contributed by atoms with E-state index in [9.17, 15) is 10.2 Å². The zero-order chi connectivity index (χ0) is 9.84. The second-order valence-electron chi connectivity index (χ2n) is 4.26. The van der Waals surface area contributed by atoms with Crippen molar-refractivity contribution in [2.75, 3.05) is 0 Å². The maximum Gasteiger partial charge on any atom is 0.154 e. The van der Waals surface area contributed by atoms with Crippen molar-refractivity contribution < 1.29 is 10.2 Å². The normalized spacial score (nSPS) is 35.3. The van der Waals surface area contributed by atoms with Gasteiger partial charge in [0.1, 0.15) is 0 Å². The molecule has 2 unspecified atom stereocenters. The Hall–Kier alpha value is -0.0800. The molecule has 0 amide bonds. The third-order valence-electron chi connectivity index (χ3n) is 3.63. The maximum absolute atomic E-state index is 9.34. The third-order valence-corrected chi connectivity index (χ3v) is 3.63. The minimum atomic E-state index is -1.10. The zero-order valence-corrected chi connectivity index (χ0v) is 8.74. The van der Waals surface area contributed by atoms with Crippen molar-refractivity contribution in [3.63, 3.8) is 0 Å². The Morgan fingerprint density at radius 3 is 1.85 bits per heavy atom. The zero-order valence-electron chi connectivity index (χ0n) is 8.74. The van der Waals surface area contributed by atoms with E-state index >= 15 is 0 Å². The molecule has 0 bridgehead atoms. The molecular weight excluding hydrogens is 164 g/mol. The summed E-state index contributed by atoms with van der Waals surface area (Å²) in [4.78, 5) is 0. The van der Waals surface area contributed by atoms with Crippen LogP contribution in [0.5, 0.6) is 0 Å². The summed E-state index contributed by atoms with van der Waals surface area (Å²) >= 11 is 0. The highest BCUT2D eigenvalue weighted by Gasteiger charge is 2.35. The monoisotopic (exact) mass is 186 g/mol. The van der Waals surface area contributed by atoms with Gasteiger partial charge in [-0.25, -0.2) is 0 Å². The number of hydrogen-bond acceptors (Lipinski definition) is 2. The summed E-state index contributed by atoms with van der Waals surface area (Å²) in [5, 5.41) is 18.7. The SMILES string of the molecule is CCC1CCCC(CC)C1C(O)O. The van der Waals surface area contributed by atoms with Gasteiger partial charge >= 0.3 is 0 Å². The smallest absolute Gasteiger partial charge is 0.154 e. The summed E-state index contributed by atoms with van der Waals surface area (Å²) < 4.78 is 0. The van der Waals surface area contributed by atoms with Gasteiger partial charge in [-0.2, -0.15) is 0 Å². The summed E-state index contributed by atoms with van der Waals surface area (Å²) in [7, 11) is 0. The Kier molecular flexibility index (Phi) is 4.20. The average molecular weight is 186 g/mol. The molecule has 1 aliphatic carbocycles. The largest absolute Gasteiger partial charge is 0.368 e. The molecule has 0 aromatic heterocycles. The number of rotatable bonds is 3.